The Morgan fingerprint density at radius 2 is 1.65 bits per heavy atom. The summed E-state index contributed by atoms with van der Waals surface area (Å²) in [4.78, 5) is 28.3. The summed E-state index contributed by atoms with van der Waals surface area (Å²) in [5, 5.41) is 3.99. The van der Waals surface area contributed by atoms with Gasteiger partial charge >= 0.3 is 0 Å². The van der Waals surface area contributed by atoms with Crippen LogP contribution in [0.4, 0.5) is 0 Å². The molecule has 1 unspecified atom stereocenters. The molecule has 34 heavy (non-hydrogen) atoms. The number of carbonyl (C=O) groups is 2. The molecule has 0 aliphatic rings. The highest BCUT2D eigenvalue weighted by atomic mass is 35.5. The van der Waals surface area contributed by atoms with Crippen molar-refractivity contribution >= 4 is 35.0 Å². The molecule has 0 aliphatic heterocycles. The van der Waals surface area contributed by atoms with Crippen molar-refractivity contribution in [3.05, 3.63) is 100 Å². The largest absolute Gasteiger partial charge is 0.484 e. The fourth-order valence-corrected chi connectivity index (χ4v) is 3.91. The second-order valence-corrected chi connectivity index (χ2v) is 9.07. The van der Waals surface area contributed by atoms with Gasteiger partial charge in [0.15, 0.2) is 6.61 Å². The molecular weight excluding hydrogens is 471 g/mol. The first-order chi connectivity index (χ1) is 16.3. The minimum Gasteiger partial charge on any atom is -0.484 e. The number of halogens is 2. The maximum atomic E-state index is 13.5. The van der Waals surface area contributed by atoms with E-state index in [2.05, 4.69) is 5.32 Å². The van der Waals surface area contributed by atoms with Gasteiger partial charge in [0.2, 0.25) is 5.91 Å². The molecule has 0 aromatic heterocycles. The number of hydrogen-bond donors (Lipinski definition) is 1. The SMILES string of the molecule is CC(C)NC(=O)C(Cc1ccccc1)N(Cc1ccccc1Cl)C(=O)COc1cccc(Cl)c1. The standard InChI is InChI=1S/C27H28Cl2N2O3/c1-19(2)30-27(33)25(15-20-9-4-3-5-10-20)31(17-21-11-6-7-14-24(21)29)26(32)18-34-23-13-8-12-22(28)16-23/h3-14,16,19,25H,15,17-18H2,1-2H3,(H,30,33). The third kappa shape index (κ3) is 7.51. The zero-order valence-corrected chi connectivity index (χ0v) is 20.7. The van der Waals surface area contributed by atoms with Crippen molar-refractivity contribution in [2.75, 3.05) is 6.61 Å². The van der Waals surface area contributed by atoms with Gasteiger partial charge in [-0.25, -0.2) is 0 Å². The summed E-state index contributed by atoms with van der Waals surface area (Å²) in [7, 11) is 0. The van der Waals surface area contributed by atoms with Gasteiger partial charge in [-0.1, -0.05) is 77.8 Å². The molecule has 3 aromatic rings. The Labute approximate surface area is 210 Å². The van der Waals surface area contributed by atoms with Crippen LogP contribution in [0.25, 0.3) is 0 Å². The molecule has 0 saturated carbocycles. The maximum absolute atomic E-state index is 13.5. The van der Waals surface area contributed by atoms with Crippen LogP contribution in [0.3, 0.4) is 0 Å². The first-order valence-electron chi connectivity index (χ1n) is 11.1. The molecule has 1 N–H and O–H groups in total. The van der Waals surface area contributed by atoms with Gasteiger partial charge in [0.25, 0.3) is 5.91 Å². The monoisotopic (exact) mass is 498 g/mol. The van der Waals surface area contributed by atoms with E-state index in [1.807, 2.05) is 62.4 Å². The van der Waals surface area contributed by atoms with Crippen LogP contribution in [0.1, 0.15) is 25.0 Å². The lowest BCUT2D eigenvalue weighted by molar-refractivity contribution is -0.143. The van der Waals surface area contributed by atoms with E-state index < -0.39 is 6.04 Å². The molecule has 178 valence electrons. The molecule has 1 atom stereocenters. The molecule has 5 nitrogen and oxygen atoms in total. The molecule has 3 aromatic carbocycles. The zero-order valence-electron chi connectivity index (χ0n) is 19.2. The maximum Gasteiger partial charge on any atom is 0.261 e. The van der Waals surface area contributed by atoms with E-state index in [-0.39, 0.29) is 31.0 Å². The fourth-order valence-electron chi connectivity index (χ4n) is 3.53. The molecule has 0 fully saturated rings. The van der Waals surface area contributed by atoms with E-state index in [0.717, 1.165) is 11.1 Å². The van der Waals surface area contributed by atoms with Crippen molar-refractivity contribution in [2.45, 2.75) is 38.9 Å². The highest BCUT2D eigenvalue weighted by Crippen LogP contribution is 2.22. The molecule has 3 rings (SSSR count). The molecule has 7 heteroatoms. The third-order valence-corrected chi connectivity index (χ3v) is 5.76. The van der Waals surface area contributed by atoms with Gasteiger partial charge in [0, 0.05) is 29.1 Å². The van der Waals surface area contributed by atoms with Crippen LogP contribution in [-0.2, 0) is 22.6 Å². The second kappa shape index (κ2) is 12.4. The molecule has 0 heterocycles. The van der Waals surface area contributed by atoms with E-state index in [1.54, 1.807) is 30.3 Å². The first-order valence-corrected chi connectivity index (χ1v) is 11.8. The van der Waals surface area contributed by atoms with Crippen molar-refractivity contribution in [2.24, 2.45) is 0 Å². The van der Waals surface area contributed by atoms with Crippen LogP contribution in [0, 0.1) is 0 Å². The summed E-state index contributed by atoms with van der Waals surface area (Å²) < 4.78 is 5.72. The smallest absolute Gasteiger partial charge is 0.261 e. The minimum absolute atomic E-state index is 0.0780. The quantitative estimate of drug-likeness (QED) is 0.399. The number of nitrogens with zero attached hydrogens (tertiary/aromatic N) is 1. The zero-order chi connectivity index (χ0) is 24.5. The summed E-state index contributed by atoms with van der Waals surface area (Å²) in [6, 6.07) is 22.9. The Balaban J connectivity index is 1.92. The number of amides is 2. The van der Waals surface area contributed by atoms with Crippen molar-refractivity contribution in [1.82, 2.24) is 10.2 Å². The third-order valence-electron chi connectivity index (χ3n) is 5.16. The Hall–Kier alpha value is -3.02. The van der Waals surface area contributed by atoms with Crippen molar-refractivity contribution in [3.63, 3.8) is 0 Å². The summed E-state index contributed by atoms with van der Waals surface area (Å²) in [6.45, 7) is 3.70. The van der Waals surface area contributed by atoms with Gasteiger partial charge in [-0.2, -0.15) is 0 Å². The average molecular weight is 499 g/mol. The van der Waals surface area contributed by atoms with E-state index in [0.29, 0.717) is 22.2 Å². The Morgan fingerprint density at radius 1 is 0.941 bits per heavy atom. The van der Waals surface area contributed by atoms with E-state index >= 15 is 0 Å². The minimum atomic E-state index is -0.753. The highest BCUT2D eigenvalue weighted by molar-refractivity contribution is 6.31. The summed E-state index contributed by atoms with van der Waals surface area (Å²) >= 11 is 12.4. The number of rotatable bonds is 10. The molecule has 0 saturated heterocycles. The van der Waals surface area contributed by atoms with E-state index in [1.165, 1.54) is 4.90 Å². The normalized spacial score (nSPS) is 11.7. The lowest BCUT2D eigenvalue weighted by Gasteiger charge is -2.32. The van der Waals surface area contributed by atoms with Crippen LogP contribution >= 0.6 is 23.2 Å². The van der Waals surface area contributed by atoms with Crippen LogP contribution in [0.2, 0.25) is 10.0 Å². The van der Waals surface area contributed by atoms with E-state index in [4.69, 9.17) is 27.9 Å². The van der Waals surface area contributed by atoms with Gasteiger partial charge in [0.1, 0.15) is 11.8 Å². The first kappa shape index (κ1) is 25.6. The Kier molecular flexibility index (Phi) is 9.37. The molecule has 0 spiro atoms. The van der Waals surface area contributed by atoms with Gasteiger partial charge in [-0.05, 0) is 49.2 Å². The Morgan fingerprint density at radius 3 is 2.32 bits per heavy atom. The molecule has 0 aliphatic carbocycles. The summed E-state index contributed by atoms with van der Waals surface area (Å²) in [5.74, 6) is -0.0912. The number of hydrogen-bond acceptors (Lipinski definition) is 3. The molecule has 0 radical (unpaired) electrons. The summed E-state index contributed by atoms with van der Waals surface area (Å²) in [6.07, 6.45) is 0.354. The van der Waals surface area contributed by atoms with Crippen LogP contribution in [-0.4, -0.2) is 35.4 Å². The van der Waals surface area contributed by atoms with Crippen LogP contribution < -0.4 is 10.1 Å². The molecular formula is C27H28Cl2N2O3. The van der Waals surface area contributed by atoms with Crippen molar-refractivity contribution in [3.8, 4) is 5.75 Å². The lowest BCUT2D eigenvalue weighted by Crippen LogP contribution is -2.52. The van der Waals surface area contributed by atoms with Crippen LogP contribution in [0.15, 0.2) is 78.9 Å². The van der Waals surface area contributed by atoms with E-state index in [9.17, 15) is 9.59 Å². The Bertz CT molecular complexity index is 1110. The lowest BCUT2D eigenvalue weighted by atomic mass is 10.0. The summed E-state index contributed by atoms with van der Waals surface area (Å²) in [5.41, 5.74) is 1.69. The van der Waals surface area contributed by atoms with Gasteiger partial charge < -0.3 is 15.0 Å². The van der Waals surface area contributed by atoms with Gasteiger partial charge in [-0.15, -0.1) is 0 Å². The van der Waals surface area contributed by atoms with Crippen LogP contribution in [0.5, 0.6) is 5.75 Å². The predicted molar refractivity (Wildman–Crippen MR) is 136 cm³/mol. The average Bonchev–Trinajstić information content (AvgIpc) is 2.81. The highest BCUT2D eigenvalue weighted by Gasteiger charge is 2.31. The number of benzene rings is 3. The van der Waals surface area contributed by atoms with Gasteiger partial charge in [-0.3, -0.25) is 9.59 Å². The number of ether oxygens (including phenoxy) is 1. The fraction of sp³-hybridized carbons (Fsp3) is 0.259. The molecule has 2 amide bonds. The number of nitrogens with one attached hydrogen (secondary N) is 1. The van der Waals surface area contributed by atoms with Crippen molar-refractivity contribution < 1.29 is 14.3 Å². The number of carbonyl (C=O) groups excluding carboxylic acids is 2. The predicted octanol–water partition coefficient (Wildman–Crippen LogP) is 5.54. The molecule has 0 bridgehead atoms. The van der Waals surface area contributed by atoms with Crippen molar-refractivity contribution in [1.29, 1.82) is 0 Å². The second-order valence-electron chi connectivity index (χ2n) is 8.23. The topological polar surface area (TPSA) is 58.6 Å². The van der Waals surface area contributed by atoms with Gasteiger partial charge in [0.05, 0.1) is 0 Å².